The highest BCUT2D eigenvalue weighted by molar-refractivity contribution is 5.30. The molecule has 0 fully saturated rings. The number of hydrazine groups is 1. The molecule has 0 amide bonds. The molecule has 9 heavy (non-hydrogen) atoms. The number of aromatic amines is 1. The standard InChI is InChI=1S/C4H5N3O2/c8-7(9)6-4-2-1-3-5-4/h1-3,5-6H. The van der Waals surface area contributed by atoms with E-state index in [9.17, 15) is 10.1 Å². The molecule has 1 rings (SSSR count). The topological polar surface area (TPSA) is 71.0 Å². The third-order valence-corrected chi connectivity index (χ3v) is 0.810. The van der Waals surface area contributed by atoms with Crippen LogP contribution >= 0.6 is 0 Å². The van der Waals surface area contributed by atoms with Gasteiger partial charge in [0.2, 0.25) is 0 Å². The van der Waals surface area contributed by atoms with Crippen LogP contribution in [0.4, 0.5) is 5.82 Å². The average Bonchev–Trinajstić information content (AvgIpc) is 2.15. The number of aromatic nitrogens is 1. The average molecular weight is 127 g/mol. The molecule has 0 aromatic carbocycles. The minimum absolute atomic E-state index is 0.389. The molecule has 48 valence electrons. The van der Waals surface area contributed by atoms with E-state index in [4.69, 9.17) is 0 Å². The van der Waals surface area contributed by atoms with Gasteiger partial charge in [0, 0.05) is 6.20 Å². The lowest BCUT2D eigenvalue weighted by molar-refractivity contribution is -0.445. The van der Waals surface area contributed by atoms with Crippen LogP contribution in [0.15, 0.2) is 18.3 Å². The predicted octanol–water partition coefficient (Wildman–Crippen LogP) is 0.618. The van der Waals surface area contributed by atoms with Crippen molar-refractivity contribution < 1.29 is 5.03 Å². The van der Waals surface area contributed by atoms with Crippen molar-refractivity contribution in [2.45, 2.75) is 0 Å². The largest absolute Gasteiger partial charge is 0.344 e. The molecule has 1 aromatic rings. The van der Waals surface area contributed by atoms with E-state index in [2.05, 4.69) is 4.98 Å². The van der Waals surface area contributed by atoms with Gasteiger partial charge in [-0.2, -0.15) is 0 Å². The Labute approximate surface area is 50.8 Å². The van der Waals surface area contributed by atoms with Gasteiger partial charge < -0.3 is 4.98 Å². The van der Waals surface area contributed by atoms with Gasteiger partial charge in [-0.25, -0.2) is 10.1 Å². The van der Waals surface area contributed by atoms with Crippen LogP contribution in [0.1, 0.15) is 0 Å². The molecular formula is C4H5N3O2. The molecule has 1 heterocycles. The fraction of sp³-hybridized carbons (Fsp3) is 0. The van der Waals surface area contributed by atoms with Crippen LogP contribution in [-0.2, 0) is 0 Å². The van der Waals surface area contributed by atoms with E-state index >= 15 is 0 Å². The Balaban J connectivity index is 2.58. The Morgan fingerprint density at radius 3 is 3.00 bits per heavy atom. The summed E-state index contributed by atoms with van der Waals surface area (Å²) in [6.45, 7) is 0. The molecule has 0 bridgehead atoms. The van der Waals surface area contributed by atoms with Gasteiger partial charge in [0.05, 0.1) is 0 Å². The molecule has 0 aliphatic heterocycles. The molecule has 0 radical (unpaired) electrons. The molecule has 0 saturated carbocycles. The molecule has 0 unspecified atom stereocenters. The third kappa shape index (κ3) is 1.45. The van der Waals surface area contributed by atoms with Crippen molar-refractivity contribution >= 4 is 5.82 Å². The number of hydrogen-bond donors (Lipinski definition) is 2. The van der Waals surface area contributed by atoms with E-state index in [1.807, 2.05) is 5.43 Å². The second-order valence-corrected chi connectivity index (χ2v) is 1.45. The fourth-order valence-corrected chi connectivity index (χ4v) is 0.498. The predicted molar refractivity (Wildman–Crippen MR) is 31.4 cm³/mol. The zero-order valence-corrected chi connectivity index (χ0v) is 4.50. The molecule has 0 aliphatic carbocycles. The summed E-state index contributed by atoms with van der Waals surface area (Å²) in [6.07, 6.45) is 1.60. The number of rotatable bonds is 2. The van der Waals surface area contributed by atoms with Gasteiger partial charge >= 0.3 is 0 Å². The van der Waals surface area contributed by atoms with Crippen molar-refractivity contribution in [1.29, 1.82) is 0 Å². The summed E-state index contributed by atoms with van der Waals surface area (Å²) in [5.74, 6) is 0.389. The summed E-state index contributed by atoms with van der Waals surface area (Å²) < 4.78 is 0. The maximum Gasteiger partial charge on any atom is 0.168 e. The highest BCUT2D eigenvalue weighted by atomic mass is 16.7. The lowest BCUT2D eigenvalue weighted by atomic mass is 10.6. The molecule has 0 saturated heterocycles. The molecule has 0 atom stereocenters. The van der Waals surface area contributed by atoms with Crippen molar-refractivity contribution in [1.82, 2.24) is 4.98 Å². The van der Waals surface area contributed by atoms with E-state index in [1.165, 1.54) is 0 Å². The van der Waals surface area contributed by atoms with Crippen molar-refractivity contribution in [3.63, 3.8) is 0 Å². The minimum atomic E-state index is -0.619. The lowest BCUT2D eigenvalue weighted by Crippen LogP contribution is -2.07. The first-order chi connectivity index (χ1) is 4.29. The van der Waals surface area contributed by atoms with Crippen LogP contribution in [0, 0.1) is 10.1 Å². The van der Waals surface area contributed by atoms with Gasteiger partial charge in [0.1, 0.15) is 0 Å². The first-order valence-electron chi connectivity index (χ1n) is 2.33. The first-order valence-corrected chi connectivity index (χ1v) is 2.33. The summed E-state index contributed by atoms with van der Waals surface area (Å²) in [5.41, 5.74) is 1.95. The molecular weight excluding hydrogens is 122 g/mol. The number of nitrogens with one attached hydrogen (secondary N) is 2. The van der Waals surface area contributed by atoms with Crippen LogP contribution in [0.25, 0.3) is 0 Å². The molecule has 5 nitrogen and oxygen atoms in total. The van der Waals surface area contributed by atoms with Crippen molar-refractivity contribution in [2.75, 3.05) is 5.43 Å². The number of H-pyrrole nitrogens is 1. The summed E-state index contributed by atoms with van der Waals surface area (Å²) >= 11 is 0. The van der Waals surface area contributed by atoms with Crippen LogP contribution in [-0.4, -0.2) is 10.0 Å². The third-order valence-electron chi connectivity index (χ3n) is 0.810. The van der Waals surface area contributed by atoms with Crippen LogP contribution in [0.3, 0.4) is 0 Å². The van der Waals surface area contributed by atoms with E-state index in [1.54, 1.807) is 18.3 Å². The lowest BCUT2D eigenvalue weighted by Gasteiger charge is -1.88. The number of hydrogen-bond acceptors (Lipinski definition) is 2. The van der Waals surface area contributed by atoms with Gasteiger partial charge in [0.15, 0.2) is 10.9 Å². The van der Waals surface area contributed by atoms with Gasteiger partial charge in [-0.15, -0.1) is 0 Å². The number of nitrogens with zero attached hydrogens (tertiary/aromatic N) is 1. The zero-order chi connectivity index (χ0) is 6.69. The van der Waals surface area contributed by atoms with Gasteiger partial charge in [-0.05, 0) is 12.1 Å². The summed E-state index contributed by atoms with van der Waals surface area (Å²) in [5, 5.41) is 9.12. The highest BCUT2D eigenvalue weighted by Gasteiger charge is 1.95. The Morgan fingerprint density at radius 2 is 2.56 bits per heavy atom. The van der Waals surface area contributed by atoms with E-state index in [0.29, 0.717) is 5.82 Å². The second-order valence-electron chi connectivity index (χ2n) is 1.45. The van der Waals surface area contributed by atoms with Crippen LogP contribution < -0.4 is 5.43 Å². The summed E-state index contributed by atoms with van der Waals surface area (Å²) in [6, 6.07) is 3.24. The maximum absolute atomic E-state index is 9.74. The number of anilines is 1. The normalized spacial score (nSPS) is 8.89. The molecule has 2 N–H and O–H groups in total. The molecule has 0 spiro atoms. The van der Waals surface area contributed by atoms with Crippen molar-refractivity contribution in [3.05, 3.63) is 28.4 Å². The van der Waals surface area contributed by atoms with Crippen LogP contribution in [0.2, 0.25) is 0 Å². The first kappa shape index (κ1) is 5.61. The minimum Gasteiger partial charge on any atom is -0.344 e. The van der Waals surface area contributed by atoms with E-state index < -0.39 is 5.03 Å². The highest BCUT2D eigenvalue weighted by Crippen LogP contribution is 1.98. The Kier molecular flexibility index (Phi) is 1.35. The van der Waals surface area contributed by atoms with Gasteiger partial charge in [0.25, 0.3) is 0 Å². The van der Waals surface area contributed by atoms with E-state index in [-0.39, 0.29) is 0 Å². The van der Waals surface area contributed by atoms with Crippen LogP contribution in [0.5, 0.6) is 0 Å². The second kappa shape index (κ2) is 2.17. The molecule has 5 heteroatoms. The maximum atomic E-state index is 9.74. The Hall–Kier alpha value is -1.52. The fourth-order valence-electron chi connectivity index (χ4n) is 0.498. The monoisotopic (exact) mass is 127 g/mol. The Bertz CT molecular complexity index is 194. The summed E-state index contributed by atoms with van der Waals surface area (Å²) in [4.78, 5) is 12.4. The molecule has 1 aromatic heterocycles. The molecule has 0 aliphatic rings. The quantitative estimate of drug-likeness (QED) is 0.451. The van der Waals surface area contributed by atoms with Crippen molar-refractivity contribution in [2.24, 2.45) is 0 Å². The summed E-state index contributed by atoms with van der Waals surface area (Å²) in [7, 11) is 0. The Morgan fingerprint density at radius 1 is 1.78 bits per heavy atom. The zero-order valence-electron chi connectivity index (χ0n) is 4.50. The van der Waals surface area contributed by atoms with Crippen molar-refractivity contribution in [3.8, 4) is 0 Å². The van der Waals surface area contributed by atoms with Gasteiger partial charge in [-0.1, -0.05) is 5.43 Å². The van der Waals surface area contributed by atoms with Gasteiger partial charge in [-0.3, -0.25) is 0 Å². The smallest absolute Gasteiger partial charge is 0.168 e. The van der Waals surface area contributed by atoms with E-state index in [0.717, 1.165) is 0 Å². The number of nitro groups is 1. The SMILES string of the molecule is O=[N+]([O-])Nc1ccc[nH]1.